The van der Waals surface area contributed by atoms with Gasteiger partial charge in [-0.2, -0.15) is 42.3 Å². The van der Waals surface area contributed by atoms with Crippen molar-refractivity contribution in [2.24, 2.45) is 0 Å². The third-order valence-electron chi connectivity index (χ3n) is 1.22. The van der Waals surface area contributed by atoms with Gasteiger partial charge < -0.3 is 6.92 Å². The fraction of sp³-hybridized carbons (Fsp3) is 0.222. The van der Waals surface area contributed by atoms with E-state index in [0.29, 0.717) is 0 Å². The van der Waals surface area contributed by atoms with Gasteiger partial charge in [0.15, 0.2) is 0 Å². The molecule has 0 heterocycles. The summed E-state index contributed by atoms with van der Waals surface area (Å²) in [7, 11) is 0. The maximum atomic E-state index is 3.76. The third-order valence-corrected chi connectivity index (χ3v) is 1.22. The summed E-state index contributed by atoms with van der Waals surface area (Å²) < 4.78 is 0. The van der Waals surface area contributed by atoms with Crippen molar-refractivity contribution in [3.63, 3.8) is 0 Å². The molecule has 0 aliphatic carbocycles. The molecule has 0 aromatic heterocycles. The molecule has 0 unspecified atom stereocenters. The largest absolute Gasteiger partial charge is 2.00 e. The van der Waals surface area contributed by atoms with Crippen LogP contribution in [-0.2, 0) is 25.0 Å². The van der Waals surface area contributed by atoms with Crippen molar-refractivity contribution in [3.8, 4) is 0 Å². The summed E-state index contributed by atoms with van der Waals surface area (Å²) in [5.74, 6) is 0. The minimum atomic E-state index is 0. The van der Waals surface area contributed by atoms with E-state index in [1.807, 2.05) is 18.2 Å². The van der Waals surface area contributed by atoms with E-state index in [1.165, 1.54) is 5.56 Å². The van der Waals surface area contributed by atoms with E-state index in [0.717, 1.165) is 12.8 Å². The molecule has 1 rings (SSSR count). The Bertz CT molecular complexity index is 158. The first-order chi connectivity index (χ1) is 4.43. The summed E-state index contributed by atoms with van der Waals surface area (Å²) >= 11 is 0. The van der Waals surface area contributed by atoms with Crippen molar-refractivity contribution >= 4 is 0 Å². The molecular formula is C9H10V. The number of hydrogen-bond acceptors (Lipinski definition) is 0. The summed E-state index contributed by atoms with van der Waals surface area (Å²) in [5, 5.41) is 0. The van der Waals surface area contributed by atoms with E-state index in [2.05, 4.69) is 19.1 Å². The quantitative estimate of drug-likeness (QED) is 0.595. The minimum Gasteiger partial charge on any atom is -0.343 e. The van der Waals surface area contributed by atoms with Gasteiger partial charge in [0.1, 0.15) is 0 Å². The molecule has 0 aliphatic rings. The van der Waals surface area contributed by atoms with Crippen molar-refractivity contribution in [3.05, 3.63) is 42.8 Å². The Hall–Kier alpha value is -0.196. The second-order valence-electron chi connectivity index (χ2n) is 1.99. The minimum absolute atomic E-state index is 0. The van der Waals surface area contributed by atoms with E-state index >= 15 is 0 Å². The summed E-state index contributed by atoms with van der Waals surface area (Å²) in [6.45, 7) is 3.76. The first kappa shape index (κ1) is 9.80. The summed E-state index contributed by atoms with van der Waals surface area (Å²) in [4.78, 5) is 0. The number of aryl methyl sites for hydroxylation is 1. The Labute approximate surface area is 74.5 Å². The van der Waals surface area contributed by atoms with Crippen molar-refractivity contribution < 1.29 is 18.6 Å². The van der Waals surface area contributed by atoms with Crippen LogP contribution in [0.1, 0.15) is 12.0 Å². The van der Waals surface area contributed by atoms with Gasteiger partial charge in [0.2, 0.25) is 0 Å². The Kier molecular flexibility index (Phi) is 5.47. The van der Waals surface area contributed by atoms with Gasteiger partial charge in [0.05, 0.1) is 0 Å². The number of benzene rings is 1. The summed E-state index contributed by atoms with van der Waals surface area (Å²) in [5.41, 5.74) is 1.26. The SMILES string of the molecule is [CH2-]CCc1[c-]cccc1.[V+2]. The predicted molar refractivity (Wildman–Crippen MR) is 39.0 cm³/mol. The second kappa shape index (κ2) is 5.58. The Morgan fingerprint density at radius 3 is 2.70 bits per heavy atom. The Balaban J connectivity index is 0.000000810. The molecule has 1 aromatic rings. The van der Waals surface area contributed by atoms with Crippen LogP contribution in [-0.4, -0.2) is 0 Å². The van der Waals surface area contributed by atoms with Gasteiger partial charge in [-0.1, -0.05) is 6.42 Å². The molecule has 0 N–H and O–H groups in total. The van der Waals surface area contributed by atoms with Gasteiger partial charge in [-0.25, -0.2) is 0 Å². The Morgan fingerprint density at radius 1 is 1.40 bits per heavy atom. The van der Waals surface area contributed by atoms with Crippen LogP contribution in [0, 0.1) is 13.0 Å². The third kappa shape index (κ3) is 3.10. The maximum absolute atomic E-state index is 3.76. The molecule has 1 aromatic carbocycles. The van der Waals surface area contributed by atoms with Crippen LogP contribution in [0.4, 0.5) is 0 Å². The van der Waals surface area contributed by atoms with Gasteiger partial charge in [-0.05, 0) is 0 Å². The average molecular weight is 169 g/mol. The standard InChI is InChI=1S/C9H10.V/c1-2-6-9-7-4-3-5-8-9;/h3-5,7H,1-2,6H2;/q-2;+2. The van der Waals surface area contributed by atoms with Gasteiger partial charge in [-0.3, -0.25) is 0 Å². The zero-order valence-electron chi connectivity index (χ0n) is 5.88. The molecule has 1 radical (unpaired) electrons. The zero-order chi connectivity index (χ0) is 6.53. The molecule has 51 valence electrons. The van der Waals surface area contributed by atoms with Crippen molar-refractivity contribution in [2.75, 3.05) is 0 Å². The average Bonchev–Trinajstić information content (AvgIpc) is 1.91. The van der Waals surface area contributed by atoms with Crippen LogP contribution < -0.4 is 0 Å². The summed E-state index contributed by atoms with van der Waals surface area (Å²) in [6.07, 6.45) is 2.00. The van der Waals surface area contributed by atoms with Gasteiger partial charge in [0.25, 0.3) is 0 Å². The summed E-state index contributed by atoms with van der Waals surface area (Å²) in [6, 6.07) is 11.1. The van der Waals surface area contributed by atoms with Crippen LogP contribution in [0.25, 0.3) is 0 Å². The monoisotopic (exact) mass is 169 g/mol. The van der Waals surface area contributed by atoms with E-state index in [-0.39, 0.29) is 18.6 Å². The van der Waals surface area contributed by atoms with Gasteiger partial charge in [0, 0.05) is 0 Å². The molecule has 0 aliphatic heterocycles. The van der Waals surface area contributed by atoms with Gasteiger partial charge in [-0.15, -0.1) is 0 Å². The molecule has 0 saturated heterocycles. The predicted octanol–water partition coefficient (Wildman–Crippen LogP) is 2.25. The normalized spacial score (nSPS) is 8.50. The smallest absolute Gasteiger partial charge is 0.343 e. The molecule has 1 heteroatoms. The molecule has 0 spiro atoms. The molecule has 0 atom stereocenters. The van der Waals surface area contributed by atoms with E-state index in [9.17, 15) is 0 Å². The fourth-order valence-electron chi connectivity index (χ4n) is 0.776. The van der Waals surface area contributed by atoms with Crippen LogP contribution in [0.5, 0.6) is 0 Å². The van der Waals surface area contributed by atoms with E-state index in [1.54, 1.807) is 0 Å². The molecule has 10 heavy (non-hydrogen) atoms. The molecule has 0 fully saturated rings. The van der Waals surface area contributed by atoms with E-state index in [4.69, 9.17) is 0 Å². The Morgan fingerprint density at radius 2 is 2.20 bits per heavy atom. The van der Waals surface area contributed by atoms with E-state index < -0.39 is 0 Å². The first-order valence-electron chi connectivity index (χ1n) is 3.18. The van der Waals surface area contributed by atoms with Crippen LogP contribution in [0.2, 0.25) is 0 Å². The molecule has 0 nitrogen and oxygen atoms in total. The van der Waals surface area contributed by atoms with Crippen molar-refractivity contribution in [1.82, 2.24) is 0 Å². The zero-order valence-corrected chi connectivity index (χ0v) is 7.27. The van der Waals surface area contributed by atoms with Crippen molar-refractivity contribution in [1.29, 1.82) is 0 Å². The van der Waals surface area contributed by atoms with Crippen LogP contribution in [0.3, 0.4) is 0 Å². The second-order valence-corrected chi connectivity index (χ2v) is 1.99. The number of rotatable bonds is 2. The van der Waals surface area contributed by atoms with Gasteiger partial charge >= 0.3 is 18.6 Å². The molecule has 0 amide bonds. The topological polar surface area (TPSA) is 0 Å². The molecular weight excluding hydrogens is 159 g/mol. The van der Waals surface area contributed by atoms with Crippen molar-refractivity contribution in [2.45, 2.75) is 12.8 Å². The van der Waals surface area contributed by atoms with Crippen LogP contribution in [0.15, 0.2) is 24.3 Å². The van der Waals surface area contributed by atoms with Crippen LogP contribution >= 0.6 is 0 Å². The first-order valence-corrected chi connectivity index (χ1v) is 3.18. The maximum Gasteiger partial charge on any atom is 2.00 e. The molecule has 0 saturated carbocycles. The number of hydrogen-bond donors (Lipinski definition) is 0. The molecule has 0 bridgehead atoms. The fourth-order valence-corrected chi connectivity index (χ4v) is 0.776.